The summed E-state index contributed by atoms with van der Waals surface area (Å²) < 4.78 is 2.03. The van der Waals surface area contributed by atoms with Crippen molar-refractivity contribution in [2.75, 3.05) is 0 Å². The number of hydrogen-bond acceptors (Lipinski definition) is 2. The highest BCUT2D eigenvalue weighted by Gasteiger charge is 2.16. The van der Waals surface area contributed by atoms with Gasteiger partial charge in [-0.25, -0.2) is 9.78 Å². The fraction of sp³-hybridized carbons (Fsp3) is 0.176. The number of aromatic carboxylic acids is 1. The Balaban J connectivity index is 2.36. The van der Waals surface area contributed by atoms with Gasteiger partial charge in [0.15, 0.2) is 0 Å². The molecule has 0 radical (unpaired) electrons. The van der Waals surface area contributed by atoms with Crippen LogP contribution in [0, 0.1) is 6.92 Å². The SMILES string of the molecule is CCc1ccccc1-n1c(C)nc2c(C(=O)O)cccc21. The number of para-hydroxylation sites is 2. The van der Waals surface area contributed by atoms with Crippen LogP contribution in [0.15, 0.2) is 42.5 Å². The molecule has 3 aromatic rings. The number of imidazole rings is 1. The van der Waals surface area contributed by atoms with Gasteiger partial charge in [-0.15, -0.1) is 0 Å². The largest absolute Gasteiger partial charge is 0.478 e. The summed E-state index contributed by atoms with van der Waals surface area (Å²) in [5.41, 5.74) is 3.87. The van der Waals surface area contributed by atoms with E-state index in [1.54, 1.807) is 12.1 Å². The number of hydrogen-bond donors (Lipinski definition) is 1. The minimum absolute atomic E-state index is 0.239. The molecule has 2 aromatic carbocycles. The Hall–Kier alpha value is -2.62. The average molecular weight is 280 g/mol. The maximum atomic E-state index is 11.3. The Labute approximate surface area is 122 Å². The van der Waals surface area contributed by atoms with Crippen molar-refractivity contribution in [3.05, 3.63) is 59.4 Å². The van der Waals surface area contributed by atoms with Crippen molar-refractivity contribution in [2.24, 2.45) is 0 Å². The topological polar surface area (TPSA) is 55.1 Å². The van der Waals surface area contributed by atoms with Gasteiger partial charge in [0.25, 0.3) is 0 Å². The van der Waals surface area contributed by atoms with E-state index in [1.165, 1.54) is 5.56 Å². The molecule has 1 N–H and O–H groups in total. The lowest BCUT2D eigenvalue weighted by molar-refractivity contribution is 0.0699. The number of aryl methyl sites for hydroxylation is 2. The molecule has 0 unspecified atom stereocenters. The number of carboxylic acids is 1. The van der Waals surface area contributed by atoms with Crippen LogP contribution in [-0.2, 0) is 6.42 Å². The van der Waals surface area contributed by atoms with E-state index in [0.717, 1.165) is 23.4 Å². The first-order valence-electron chi connectivity index (χ1n) is 6.93. The minimum atomic E-state index is -0.950. The summed E-state index contributed by atoms with van der Waals surface area (Å²) in [5.74, 6) is -0.159. The van der Waals surface area contributed by atoms with E-state index in [9.17, 15) is 9.90 Å². The van der Waals surface area contributed by atoms with Crippen LogP contribution in [0.2, 0.25) is 0 Å². The zero-order valence-corrected chi connectivity index (χ0v) is 12.0. The molecule has 4 heteroatoms. The van der Waals surface area contributed by atoms with Crippen molar-refractivity contribution in [1.82, 2.24) is 9.55 Å². The van der Waals surface area contributed by atoms with Crippen LogP contribution >= 0.6 is 0 Å². The molecular formula is C17H16N2O2. The van der Waals surface area contributed by atoms with Gasteiger partial charge < -0.3 is 5.11 Å². The van der Waals surface area contributed by atoms with Crippen LogP contribution in [0.4, 0.5) is 0 Å². The lowest BCUT2D eigenvalue weighted by Crippen LogP contribution is -2.01. The van der Waals surface area contributed by atoms with Gasteiger partial charge in [0.05, 0.1) is 16.8 Å². The van der Waals surface area contributed by atoms with Gasteiger partial charge in [-0.1, -0.05) is 31.2 Å². The Kier molecular flexibility index (Phi) is 3.22. The van der Waals surface area contributed by atoms with Gasteiger partial charge in [-0.2, -0.15) is 0 Å². The number of carboxylic acid groups (broad SMARTS) is 1. The minimum Gasteiger partial charge on any atom is -0.478 e. The molecule has 3 rings (SSSR count). The molecule has 0 saturated carbocycles. The molecule has 0 saturated heterocycles. The van der Waals surface area contributed by atoms with Gasteiger partial charge in [0.1, 0.15) is 11.3 Å². The van der Waals surface area contributed by atoms with Gasteiger partial charge in [-0.05, 0) is 37.1 Å². The predicted molar refractivity (Wildman–Crippen MR) is 82.1 cm³/mol. The van der Waals surface area contributed by atoms with Gasteiger partial charge in [0.2, 0.25) is 0 Å². The summed E-state index contributed by atoms with van der Waals surface area (Å²) in [6.45, 7) is 4.01. The Morgan fingerprint density at radius 3 is 2.67 bits per heavy atom. The highest BCUT2D eigenvalue weighted by atomic mass is 16.4. The number of aromatic nitrogens is 2. The van der Waals surface area contributed by atoms with Crippen molar-refractivity contribution in [1.29, 1.82) is 0 Å². The van der Waals surface area contributed by atoms with E-state index in [-0.39, 0.29) is 5.56 Å². The molecule has 21 heavy (non-hydrogen) atoms. The third kappa shape index (κ3) is 2.09. The fourth-order valence-electron chi connectivity index (χ4n) is 2.72. The van der Waals surface area contributed by atoms with Gasteiger partial charge in [0, 0.05) is 0 Å². The molecule has 4 nitrogen and oxygen atoms in total. The van der Waals surface area contributed by atoms with Crippen molar-refractivity contribution in [3.63, 3.8) is 0 Å². The van der Waals surface area contributed by atoms with Crippen LogP contribution in [0.1, 0.15) is 28.7 Å². The fourth-order valence-corrected chi connectivity index (χ4v) is 2.72. The molecule has 0 aliphatic carbocycles. The first-order chi connectivity index (χ1) is 10.1. The molecule has 0 fully saturated rings. The van der Waals surface area contributed by atoms with Gasteiger partial charge >= 0.3 is 5.97 Å². The number of rotatable bonds is 3. The molecule has 106 valence electrons. The molecule has 0 aliphatic rings. The Morgan fingerprint density at radius 2 is 1.95 bits per heavy atom. The Morgan fingerprint density at radius 1 is 1.19 bits per heavy atom. The number of carbonyl (C=O) groups is 1. The van der Waals surface area contributed by atoms with Crippen LogP contribution in [-0.4, -0.2) is 20.6 Å². The maximum Gasteiger partial charge on any atom is 0.337 e. The third-order valence-electron chi connectivity index (χ3n) is 3.70. The summed E-state index contributed by atoms with van der Waals surface area (Å²) in [6.07, 6.45) is 0.911. The summed E-state index contributed by atoms with van der Waals surface area (Å²) in [6, 6.07) is 13.4. The molecule has 0 amide bonds. The zero-order chi connectivity index (χ0) is 15.0. The summed E-state index contributed by atoms with van der Waals surface area (Å²) in [4.78, 5) is 15.8. The second-order valence-corrected chi connectivity index (χ2v) is 4.96. The van der Waals surface area contributed by atoms with Crippen molar-refractivity contribution in [2.45, 2.75) is 20.3 Å². The lowest BCUT2D eigenvalue weighted by atomic mass is 10.1. The van der Waals surface area contributed by atoms with Crippen LogP contribution < -0.4 is 0 Å². The molecule has 0 aliphatic heterocycles. The predicted octanol–water partition coefficient (Wildman–Crippen LogP) is 3.59. The van der Waals surface area contributed by atoms with Crippen LogP contribution in [0.25, 0.3) is 16.7 Å². The molecule has 0 bridgehead atoms. The zero-order valence-electron chi connectivity index (χ0n) is 12.0. The van der Waals surface area contributed by atoms with Gasteiger partial charge in [-0.3, -0.25) is 4.57 Å². The quantitative estimate of drug-likeness (QED) is 0.797. The van der Waals surface area contributed by atoms with E-state index in [2.05, 4.69) is 18.0 Å². The highest BCUT2D eigenvalue weighted by Crippen LogP contribution is 2.26. The average Bonchev–Trinajstić information content (AvgIpc) is 2.82. The summed E-state index contributed by atoms with van der Waals surface area (Å²) in [5, 5.41) is 9.31. The standard InChI is InChI=1S/C17H16N2O2/c1-3-12-7-4-5-9-14(12)19-11(2)18-16-13(17(20)21)8-6-10-15(16)19/h4-10H,3H2,1-2H3,(H,20,21). The third-order valence-corrected chi connectivity index (χ3v) is 3.70. The van der Waals surface area contributed by atoms with E-state index < -0.39 is 5.97 Å². The van der Waals surface area contributed by atoms with E-state index in [1.807, 2.05) is 35.8 Å². The van der Waals surface area contributed by atoms with Crippen LogP contribution in [0.3, 0.4) is 0 Å². The Bertz CT molecular complexity index is 834. The molecule has 0 spiro atoms. The van der Waals surface area contributed by atoms with E-state index >= 15 is 0 Å². The second-order valence-electron chi connectivity index (χ2n) is 4.96. The second kappa shape index (κ2) is 5.05. The maximum absolute atomic E-state index is 11.3. The smallest absolute Gasteiger partial charge is 0.337 e. The van der Waals surface area contributed by atoms with Crippen LogP contribution in [0.5, 0.6) is 0 Å². The first-order valence-corrected chi connectivity index (χ1v) is 6.93. The van der Waals surface area contributed by atoms with Crippen molar-refractivity contribution >= 4 is 17.0 Å². The summed E-state index contributed by atoms with van der Waals surface area (Å²) in [7, 11) is 0. The number of benzene rings is 2. The molecule has 1 heterocycles. The highest BCUT2D eigenvalue weighted by molar-refractivity contribution is 6.01. The number of nitrogens with zero attached hydrogens (tertiary/aromatic N) is 2. The van der Waals surface area contributed by atoms with Crippen molar-refractivity contribution < 1.29 is 9.90 Å². The first kappa shape index (κ1) is 13.4. The lowest BCUT2D eigenvalue weighted by Gasteiger charge is -2.11. The molecule has 1 aromatic heterocycles. The van der Waals surface area contributed by atoms with E-state index in [0.29, 0.717) is 5.52 Å². The van der Waals surface area contributed by atoms with Crippen molar-refractivity contribution in [3.8, 4) is 5.69 Å². The monoisotopic (exact) mass is 280 g/mol. The molecular weight excluding hydrogens is 264 g/mol. The summed E-state index contributed by atoms with van der Waals surface area (Å²) >= 11 is 0. The number of fused-ring (bicyclic) bond motifs is 1. The molecule has 0 atom stereocenters. The van der Waals surface area contributed by atoms with E-state index in [4.69, 9.17) is 0 Å². The normalized spacial score (nSPS) is 11.0.